The maximum absolute atomic E-state index is 13.0. The molecule has 3 aromatic carbocycles. The third-order valence-corrected chi connectivity index (χ3v) is 8.23. The van der Waals surface area contributed by atoms with Gasteiger partial charge in [0.1, 0.15) is 41.9 Å². The number of aromatic nitrogens is 2. The summed E-state index contributed by atoms with van der Waals surface area (Å²) in [5.41, 5.74) is 1.79. The lowest BCUT2D eigenvalue weighted by Gasteiger charge is -2.49. The standard InChI is InChI=1S/C30H24N4O7S/c35-26-19-10-4-6-12-21(19)31-25(33-26)20-11-5-7-13-22(20)40-15-18-16-42-28-23(27(36)34(28)24(18)29(37)38)32-30(39)41-14-17-8-2-1-3-9-17/h1-13,23,28H,14-16H2,(H,32,39)(H,37,38)(H,31,33,35). The number of para-hydroxylation sites is 2. The Kier molecular flexibility index (Phi) is 7.36. The number of fused-ring (bicyclic) bond motifs is 2. The molecule has 2 atom stereocenters. The maximum atomic E-state index is 13.0. The Balaban J connectivity index is 1.17. The van der Waals surface area contributed by atoms with Crippen LogP contribution in [0.3, 0.4) is 0 Å². The van der Waals surface area contributed by atoms with E-state index >= 15 is 0 Å². The number of aromatic amines is 1. The van der Waals surface area contributed by atoms with Gasteiger partial charge in [0.05, 0.1) is 16.5 Å². The highest BCUT2D eigenvalue weighted by molar-refractivity contribution is 8.00. The van der Waals surface area contributed by atoms with E-state index in [1.807, 2.05) is 30.3 Å². The molecular weight excluding hydrogens is 560 g/mol. The normalized spacial score (nSPS) is 17.8. The van der Waals surface area contributed by atoms with E-state index < -0.39 is 29.4 Å². The number of benzene rings is 3. The Bertz CT molecular complexity index is 1790. The van der Waals surface area contributed by atoms with E-state index in [0.717, 1.165) is 5.56 Å². The van der Waals surface area contributed by atoms with E-state index in [4.69, 9.17) is 9.47 Å². The summed E-state index contributed by atoms with van der Waals surface area (Å²) in [4.78, 5) is 58.7. The van der Waals surface area contributed by atoms with E-state index in [1.54, 1.807) is 48.5 Å². The van der Waals surface area contributed by atoms with Crippen LogP contribution < -0.4 is 15.6 Å². The number of nitrogens with zero attached hydrogens (tertiary/aromatic N) is 2. The molecule has 0 saturated carbocycles. The summed E-state index contributed by atoms with van der Waals surface area (Å²) in [5.74, 6) is -0.856. The lowest BCUT2D eigenvalue weighted by Crippen LogP contribution is -2.70. The molecule has 1 aromatic heterocycles. The monoisotopic (exact) mass is 584 g/mol. The van der Waals surface area contributed by atoms with Crippen LogP contribution in [-0.4, -0.2) is 61.7 Å². The number of thioether (sulfide) groups is 1. The highest BCUT2D eigenvalue weighted by atomic mass is 32.2. The van der Waals surface area contributed by atoms with Gasteiger partial charge in [-0.05, 0) is 29.8 Å². The number of ether oxygens (including phenoxy) is 2. The van der Waals surface area contributed by atoms with Gasteiger partial charge in [0, 0.05) is 11.3 Å². The average molecular weight is 585 g/mol. The molecule has 3 heterocycles. The third-order valence-electron chi connectivity index (χ3n) is 6.89. The molecule has 212 valence electrons. The van der Waals surface area contributed by atoms with Gasteiger partial charge < -0.3 is 24.9 Å². The van der Waals surface area contributed by atoms with Gasteiger partial charge in [-0.15, -0.1) is 11.8 Å². The molecule has 42 heavy (non-hydrogen) atoms. The number of carboxylic acids is 1. The van der Waals surface area contributed by atoms with E-state index in [-0.39, 0.29) is 30.2 Å². The Labute approximate surface area is 243 Å². The first kappa shape index (κ1) is 27.1. The van der Waals surface area contributed by atoms with Crippen molar-refractivity contribution in [2.24, 2.45) is 0 Å². The van der Waals surface area contributed by atoms with Crippen LogP contribution in [-0.2, 0) is 20.9 Å². The largest absolute Gasteiger partial charge is 0.488 e. The van der Waals surface area contributed by atoms with Crippen LogP contribution in [0.2, 0.25) is 0 Å². The number of H-pyrrole nitrogens is 1. The zero-order valence-electron chi connectivity index (χ0n) is 22.0. The summed E-state index contributed by atoms with van der Waals surface area (Å²) >= 11 is 1.32. The van der Waals surface area contributed by atoms with Crippen LogP contribution >= 0.6 is 11.8 Å². The van der Waals surface area contributed by atoms with Gasteiger partial charge >= 0.3 is 12.1 Å². The fourth-order valence-electron chi connectivity index (χ4n) is 4.85. The molecule has 2 aliphatic rings. The van der Waals surface area contributed by atoms with Gasteiger partial charge in [-0.3, -0.25) is 14.5 Å². The SMILES string of the molecule is O=C(NC1C(=O)N2C(C(=O)O)=C(COc3ccccc3-c3nc4ccccc4c(=O)[nH]3)CSC12)OCc1ccccc1. The van der Waals surface area contributed by atoms with Crippen molar-refractivity contribution in [2.45, 2.75) is 18.0 Å². The predicted octanol–water partition coefficient (Wildman–Crippen LogP) is 3.52. The smallest absolute Gasteiger partial charge is 0.408 e. The van der Waals surface area contributed by atoms with Gasteiger partial charge in [-0.25, -0.2) is 14.6 Å². The lowest BCUT2D eigenvalue weighted by molar-refractivity contribution is -0.149. The van der Waals surface area contributed by atoms with Crippen molar-refractivity contribution in [1.82, 2.24) is 20.2 Å². The fraction of sp³-hybridized carbons (Fsp3) is 0.167. The molecule has 2 amide bonds. The Hall–Kier alpha value is -5.10. The molecule has 2 unspecified atom stereocenters. The van der Waals surface area contributed by atoms with E-state index in [0.29, 0.717) is 33.6 Å². The highest BCUT2D eigenvalue weighted by Gasteiger charge is 2.54. The van der Waals surface area contributed by atoms with Crippen molar-refractivity contribution in [1.29, 1.82) is 0 Å². The zero-order valence-corrected chi connectivity index (χ0v) is 22.8. The van der Waals surface area contributed by atoms with Crippen LogP contribution in [0.4, 0.5) is 4.79 Å². The second-order valence-corrected chi connectivity index (χ2v) is 10.7. The second kappa shape index (κ2) is 11.4. The maximum Gasteiger partial charge on any atom is 0.408 e. The lowest BCUT2D eigenvalue weighted by atomic mass is 10.0. The molecule has 11 nitrogen and oxygen atoms in total. The minimum absolute atomic E-state index is 0.0426. The van der Waals surface area contributed by atoms with Crippen LogP contribution in [0, 0.1) is 0 Å². The predicted molar refractivity (Wildman–Crippen MR) is 155 cm³/mol. The number of alkyl carbamates (subject to hydrolysis) is 1. The van der Waals surface area contributed by atoms with Crippen molar-refractivity contribution in [2.75, 3.05) is 12.4 Å². The molecule has 0 spiro atoms. The van der Waals surface area contributed by atoms with E-state index in [2.05, 4.69) is 15.3 Å². The van der Waals surface area contributed by atoms with Crippen molar-refractivity contribution < 1.29 is 29.0 Å². The molecule has 1 saturated heterocycles. The first-order valence-electron chi connectivity index (χ1n) is 13.0. The molecule has 1 fully saturated rings. The highest BCUT2D eigenvalue weighted by Crippen LogP contribution is 2.40. The number of hydrogen-bond donors (Lipinski definition) is 3. The molecular formula is C30H24N4O7S. The quantitative estimate of drug-likeness (QED) is 0.264. The molecule has 4 aromatic rings. The molecule has 12 heteroatoms. The minimum Gasteiger partial charge on any atom is -0.488 e. The number of aliphatic carboxylic acids is 1. The van der Waals surface area contributed by atoms with Crippen molar-refractivity contribution in [3.05, 3.63) is 106 Å². The third kappa shape index (κ3) is 5.19. The van der Waals surface area contributed by atoms with Crippen molar-refractivity contribution in [3.8, 4) is 17.1 Å². The van der Waals surface area contributed by atoms with Gasteiger partial charge in [0.15, 0.2) is 0 Å². The zero-order chi connectivity index (χ0) is 29.2. The number of β-lactam (4-membered cyclic amide) rings is 1. The van der Waals surface area contributed by atoms with Crippen molar-refractivity contribution in [3.63, 3.8) is 0 Å². The van der Waals surface area contributed by atoms with Crippen LogP contribution in [0.1, 0.15) is 5.56 Å². The summed E-state index contributed by atoms with van der Waals surface area (Å²) in [5, 5.41) is 12.4. The number of amides is 2. The molecule has 2 aliphatic heterocycles. The first-order valence-corrected chi connectivity index (χ1v) is 14.0. The van der Waals surface area contributed by atoms with Crippen molar-refractivity contribution >= 4 is 40.6 Å². The molecule has 0 aliphatic carbocycles. The average Bonchev–Trinajstić information content (AvgIpc) is 3.01. The topological polar surface area (TPSA) is 151 Å². The fourth-order valence-corrected chi connectivity index (χ4v) is 6.18. The Morgan fingerprint density at radius 1 is 1.00 bits per heavy atom. The Morgan fingerprint density at radius 3 is 2.55 bits per heavy atom. The summed E-state index contributed by atoms with van der Waals surface area (Å²) in [6, 6.07) is 22.1. The summed E-state index contributed by atoms with van der Waals surface area (Å²) in [6.45, 7) is -0.0713. The number of nitrogens with one attached hydrogen (secondary N) is 2. The molecule has 3 N–H and O–H groups in total. The number of carboxylic acid groups (broad SMARTS) is 1. The number of hydrogen-bond acceptors (Lipinski definition) is 8. The number of rotatable bonds is 8. The number of carbonyl (C=O) groups excluding carboxylic acids is 2. The minimum atomic E-state index is -1.27. The van der Waals surface area contributed by atoms with Crippen LogP contribution in [0.15, 0.2) is 94.9 Å². The van der Waals surface area contributed by atoms with Gasteiger partial charge in [0.2, 0.25) is 0 Å². The Morgan fingerprint density at radius 2 is 1.74 bits per heavy atom. The van der Waals surface area contributed by atoms with Crippen LogP contribution in [0.25, 0.3) is 22.3 Å². The molecule has 0 bridgehead atoms. The molecule has 0 radical (unpaired) electrons. The van der Waals surface area contributed by atoms with Gasteiger partial charge in [0.25, 0.3) is 11.5 Å². The van der Waals surface area contributed by atoms with Gasteiger partial charge in [-0.1, -0.05) is 54.6 Å². The summed E-state index contributed by atoms with van der Waals surface area (Å²) < 4.78 is 11.3. The molecule has 6 rings (SSSR count). The summed E-state index contributed by atoms with van der Waals surface area (Å²) in [6.07, 6.45) is -0.760. The summed E-state index contributed by atoms with van der Waals surface area (Å²) in [7, 11) is 0. The van der Waals surface area contributed by atoms with Crippen LogP contribution in [0.5, 0.6) is 5.75 Å². The van der Waals surface area contributed by atoms with Gasteiger partial charge in [-0.2, -0.15) is 0 Å². The van der Waals surface area contributed by atoms with E-state index in [9.17, 15) is 24.3 Å². The van der Waals surface area contributed by atoms with E-state index in [1.165, 1.54) is 16.7 Å². The second-order valence-electron chi connectivity index (χ2n) is 9.57. The number of carbonyl (C=O) groups is 3. The first-order chi connectivity index (χ1) is 20.4.